The molecule has 0 fully saturated rings. The summed E-state index contributed by atoms with van der Waals surface area (Å²) in [6.45, 7) is 2.55. The van der Waals surface area contributed by atoms with Gasteiger partial charge in [-0.25, -0.2) is 9.37 Å². The predicted octanol–water partition coefficient (Wildman–Crippen LogP) is 3.83. The van der Waals surface area contributed by atoms with E-state index in [4.69, 9.17) is 10.5 Å². The first kappa shape index (κ1) is 13.8. The van der Waals surface area contributed by atoms with Gasteiger partial charge in [-0.3, -0.25) is 0 Å². The van der Waals surface area contributed by atoms with Gasteiger partial charge in [-0.05, 0) is 43.0 Å². The van der Waals surface area contributed by atoms with Gasteiger partial charge in [-0.1, -0.05) is 6.07 Å². The maximum absolute atomic E-state index is 13.4. The molecular formula is C15H14FN3OS. The number of rotatable bonds is 4. The largest absolute Gasteiger partial charge is 0.494 e. The number of nitrogens with zero attached hydrogens (tertiary/aromatic N) is 1. The summed E-state index contributed by atoms with van der Waals surface area (Å²) >= 11 is 1.30. The van der Waals surface area contributed by atoms with E-state index < -0.39 is 5.82 Å². The second-order valence-electron chi connectivity index (χ2n) is 4.41. The number of nitrogens with one attached hydrogen (secondary N) is 1. The number of ether oxygens (including phenoxy) is 1. The van der Waals surface area contributed by atoms with Crippen LogP contribution in [0.5, 0.6) is 5.75 Å². The normalized spacial score (nSPS) is 11.0. The molecule has 0 spiro atoms. The third kappa shape index (κ3) is 2.80. The molecule has 1 aromatic heterocycles. The molecule has 1 heterocycles. The molecule has 0 aliphatic carbocycles. The lowest BCUT2D eigenvalue weighted by Gasteiger charge is -2.03. The molecule has 0 radical (unpaired) electrons. The fourth-order valence-electron chi connectivity index (χ4n) is 1.98. The van der Waals surface area contributed by atoms with Crippen molar-refractivity contribution in [1.29, 1.82) is 0 Å². The van der Waals surface area contributed by atoms with Crippen LogP contribution in [-0.2, 0) is 0 Å². The number of fused-ring (bicyclic) bond motifs is 1. The fourth-order valence-corrected chi connectivity index (χ4v) is 2.85. The maximum atomic E-state index is 13.4. The van der Waals surface area contributed by atoms with Crippen molar-refractivity contribution in [2.24, 2.45) is 0 Å². The van der Waals surface area contributed by atoms with Crippen LogP contribution in [0.2, 0.25) is 0 Å². The van der Waals surface area contributed by atoms with Crippen molar-refractivity contribution in [3.8, 4) is 5.75 Å². The van der Waals surface area contributed by atoms with Crippen LogP contribution in [0.4, 0.5) is 10.1 Å². The van der Waals surface area contributed by atoms with Crippen molar-refractivity contribution >= 4 is 28.5 Å². The molecule has 3 aromatic rings. The minimum Gasteiger partial charge on any atom is -0.494 e. The van der Waals surface area contributed by atoms with E-state index in [0.29, 0.717) is 16.7 Å². The first-order valence-electron chi connectivity index (χ1n) is 6.52. The zero-order valence-electron chi connectivity index (χ0n) is 11.4. The number of hydrogen-bond acceptors (Lipinski definition) is 4. The van der Waals surface area contributed by atoms with Crippen molar-refractivity contribution in [1.82, 2.24) is 9.97 Å². The summed E-state index contributed by atoms with van der Waals surface area (Å²) < 4.78 is 18.9. The number of benzene rings is 2. The first-order valence-corrected chi connectivity index (χ1v) is 7.33. The number of imidazole rings is 1. The van der Waals surface area contributed by atoms with Crippen LogP contribution in [0.1, 0.15) is 6.92 Å². The Kier molecular flexibility index (Phi) is 3.70. The van der Waals surface area contributed by atoms with Gasteiger partial charge in [-0.15, -0.1) is 0 Å². The summed E-state index contributed by atoms with van der Waals surface area (Å²) in [5.41, 5.74) is 7.57. The van der Waals surface area contributed by atoms with Crippen LogP contribution in [0.25, 0.3) is 11.0 Å². The number of halogens is 1. The number of anilines is 1. The van der Waals surface area contributed by atoms with Gasteiger partial charge < -0.3 is 15.5 Å². The molecule has 0 amide bonds. The number of hydrogen-bond donors (Lipinski definition) is 2. The molecular weight excluding hydrogens is 289 g/mol. The lowest BCUT2D eigenvalue weighted by Crippen LogP contribution is -1.92. The van der Waals surface area contributed by atoms with E-state index in [1.54, 1.807) is 12.1 Å². The third-order valence-electron chi connectivity index (χ3n) is 2.96. The molecule has 0 aliphatic heterocycles. The van der Waals surface area contributed by atoms with Crippen LogP contribution in [0.15, 0.2) is 46.5 Å². The van der Waals surface area contributed by atoms with E-state index in [0.717, 1.165) is 16.8 Å². The molecule has 0 saturated carbocycles. The summed E-state index contributed by atoms with van der Waals surface area (Å²) in [6.07, 6.45) is 0. The number of para-hydroxylation sites is 1. The molecule has 0 bridgehead atoms. The minimum atomic E-state index is -0.422. The number of nitrogens with two attached hydrogens (primary N) is 1. The molecule has 21 heavy (non-hydrogen) atoms. The van der Waals surface area contributed by atoms with Gasteiger partial charge in [-0.2, -0.15) is 0 Å². The standard InChI is InChI=1S/C15H14FN3OS/c1-2-20-9-6-7-11-12(8-9)19-15(18-11)21-13-5-3-4-10(16)14(13)17/h3-8H,2,17H2,1H3,(H,18,19). The Morgan fingerprint density at radius 3 is 3.00 bits per heavy atom. The highest BCUT2D eigenvalue weighted by molar-refractivity contribution is 7.99. The summed E-state index contributed by atoms with van der Waals surface area (Å²) in [5.74, 6) is 0.366. The Labute approximate surface area is 125 Å². The smallest absolute Gasteiger partial charge is 0.171 e. The van der Waals surface area contributed by atoms with Crippen LogP contribution in [-0.4, -0.2) is 16.6 Å². The third-order valence-corrected chi connectivity index (χ3v) is 3.92. The number of aromatic nitrogens is 2. The van der Waals surface area contributed by atoms with E-state index >= 15 is 0 Å². The summed E-state index contributed by atoms with van der Waals surface area (Å²) in [4.78, 5) is 8.28. The highest BCUT2D eigenvalue weighted by Gasteiger charge is 2.10. The number of nitrogen functional groups attached to an aromatic ring is 1. The van der Waals surface area contributed by atoms with E-state index in [-0.39, 0.29) is 5.69 Å². The van der Waals surface area contributed by atoms with Crippen molar-refractivity contribution in [2.45, 2.75) is 17.0 Å². The van der Waals surface area contributed by atoms with Gasteiger partial charge in [0.25, 0.3) is 0 Å². The molecule has 3 rings (SSSR count). The minimum absolute atomic E-state index is 0.137. The molecule has 108 valence electrons. The maximum Gasteiger partial charge on any atom is 0.171 e. The average Bonchev–Trinajstić information content (AvgIpc) is 2.86. The number of aromatic amines is 1. The van der Waals surface area contributed by atoms with Crippen LogP contribution >= 0.6 is 11.8 Å². The fraction of sp³-hybridized carbons (Fsp3) is 0.133. The summed E-state index contributed by atoms with van der Waals surface area (Å²) in [7, 11) is 0. The second-order valence-corrected chi connectivity index (χ2v) is 5.44. The van der Waals surface area contributed by atoms with Crippen molar-refractivity contribution in [2.75, 3.05) is 12.3 Å². The Morgan fingerprint density at radius 1 is 1.33 bits per heavy atom. The summed E-state index contributed by atoms with van der Waals surface area (Å²) in [6, 6.07) is 10.4. The molecule has 3 N–H and O–H groups in total. The first-order chi connectivity index (χ1) is 10.2. The zero-order valence-corrected chi connectivity index (χ0v) is 12.2. The highest BCUT2D eigenvalue weighted by atomic mass is 32.2. The van der Waals surface area contributed by atoms with Gasteiger partial charge in [0.15, 0.2) is 5.16 Å². The van der Waals surface area contributed by atoms with Crippen molar-refractivity contribution < 1.29 is 9.13 Å². The quantitative estimate of drug-likeness (QED) is 0.719. The van der Waals surface area contributed by atoms with E-state index in [9.17, 15) is 4.39 Å². The SMILES string of the molecule is CCOc1ccc2nc(Sc3cccc(F)c3N)[nH]c2c1. The van der Waals surface area contributed by atoms with Gasteiger partial charge >= 0.3 is 0 Å². The van der Waals surface area contributed by atoms with Crippen LogP contribution in [0, 0.1) is 5.82 Å². The lowest BCUT2D eigenvalue weighted by atomic mass is 10.3. The highest BCUT2D eigenvalue weighted by Crippen LogP contribution is 2.33. The average molecular weight is 303 g/mol. The molecule has 4 nitrogen and oxygen atoms in total. The predicted molar refractivity (Wildman–Crippen MR) is 82.2 cm³/mol. The Balaban J connectivity index is 1.92. The molecule has 2 aromatic carbocycles. The Morgan fingerprint density at radius 2 is 2.19 bits per heavy atom. The second kappa shape index (κ2) is 5.65. The molecule has 0 aliphatic rings. The van der Waals surface area contributed by atoms with Gasteiger partial charge in [0.05, 0.1) is 23.3 Å². The monoisotopic (exact) mass is 303 g/mol. The van der Waals surface area contributed by atoms with Gasteiger partial charge in [0, 0.05) is 11.0 Å². The van der Waals surface area contributed by atoms with Crippen molar-refractivity contribution in [3.63, 3.8) is 0 Å². The molecule has 0 atom stereocenters. The molecule has 0 saturated heterocycles. The Hall–Kier alpha value is -2.21. The molecule has 6 heteroatoms. The van der Waals surface area contributed by atoms with Gasteiger partial charge in [0.1, 0.15) is 11.6 Å². The number of H-pyrrole nitrogens is 1. The Bertz CT molecular complexity index is 788. The lowest BCUT2D eigenvalue weighted by molar-refractivity contribution is 0.340. The van der Waals surface area contributed by atoms with Crippen LogP contribution < -0.4 is 10.5 Å². The van der Waals surface area contributed by atoms with E-state index in [1.165, 1.54) is 17.8 Å². The van der Waals surface area contributed by atoms with Crippen LogP contribution in [0.3, 0.4) is 0 Å². The van der Waals surface area contributed by atoms with Gasteiger partial charge in [0.2, 0.25) is 0 Å². The summed E-state index contributed by atoms with van der Waals surface area (Å²) in [5, 5.41) is 0.663. The van der Waals surface area contributed by atoms with Crippen molar-refractivity contribution in [3.05, 3.63) is 42.2 Å². The molecule has 0 unspecified atom stereocenters. The van der Waals surface area contributed by atoms with E-state index in [1.807, 2.05) is 25.1 Å². The zero-order chi connectivity index (χ0) is 14.8. The topological polar surface area (TPSA) is 63.9 Å². The van der Waals surface area contributed by atoms with E-state index in [2.05, 4.69) is 9.97 Å².